The van der Waals surface area contributed by atoms with Gasteiger partial charge in [-0.3, -0.25) is 14.5 Å². The second-order valence-electron chi connectivity index (χ2n) is 7.76. The Balaban J connectivity index is 1.67. The molecule has 0 bridgehead atoms. The van der Waals surface area contributed by atoms with Crippen LogP contribution in [0.2, 0.25) is 0 Å². The van der Waals surface area contributed by atoms with Crippen LogP contribution in [-0.2, 0) is 16.1 Å². The van der Waals surface area contributed by atoms with Gasteiger partial charge in [0.2, 0.25) is 5.91 Å². The van der Waals surface area contributed by atoms with Crippen molar-refractivity contribution in [1.29, 1.82) is 0 Å². The van der Waals surface area contributed by atoms with Gasteiger partial charge < -0.3 is 14.4 Å². The summed E-state index contributed by atoms with van der Waals surface area (Å²) in [5.41, 5.74) is 2.45. The first kappa shape index (κ1) is 19.6. The van der Waals surface area contributed by atoms with E-state index in [0.29, 0.717) is 17.4 Å². The van der Waals surface area contributed by atoms with Crippen LogP contribution < -0.4 is 0 Å². The second kappa shape index (κ2) is 7.99. The van der Waals surface area contributed by atoms with Crippen molar-refractivity contribution < 1.29 is 9.59 Å². The van der Waals surface area contributed by atoms with E-state index in [-0.39, 0.29) is 11.8 Å². The van der Waals surface area contributed by atoms with E-state index in [0.717, 1.165) is 42.4 Å². The maximum atomic E-state index is 12.9. The number of hydrogen-bond donors (Lipinski definition) is 0. The zero-order valence-electron chi connectivity index (χ0n) is 16.9. The van der Waals surface area contributed by atoms with Crippen LogP contribution in [0.5, 0.6) is 0 Å². The highest BCUT2D eigenvalue weighted by molar-refractivity contribution is 7.80. The van der Waals surface area contributed by atoms with Crippen molar-refractivity contribution in [2.45, 2.75) is 32.2 Å². The van der Waals surface area contributed by atoms with Gasteiger partial charge in [-0.2, -0.15) is 0 Å². The molecule has 0 unspecified atom stereocenters. The average molecular weight is 411 g/mol. The van der Waals surface area contributed by atoms with Crippen molar-refractivity contribution in [3.05, 3.63) is 41.7 Å². The molecule has 2 aliphatic rings. The molecule has 1 aromatic heterocycles. The van der Waals surface area contributed by atoms with Gasteiger partial charge in [-0.05, 0) is 37.2 Å². The molecule has 29 heavy (non-hydrogen) atoms. The van der Waals surface area contributed by atoms with Gasteiger partial charge >= 0.3 is 0 Å². The molecule has 6 nitrogen and oxygen atoms in total. The molecular formula is C22H26N4O2S. The predicted molar refractivity (Wildman–Crippen MR) is 118 cm³/mol. The van der Waals surface area contributed by atoms with E-state index in [2.05, 4.69) is 0 Å². The van der Waals surface area contributed by atoms with Crippen molar-refractivity contribution in [2.75, 3.05) is 27.2 Å². The van der Waals surface area contributed by atoms with Crippen molar-refractivity contribution in [1.82, 2.24) is 19.3 Å². The molecule has 2 aliphatic heterocycles. The standard InChI is InChI=1S/C22H26N4O2S/c1-23-19(21(28)24(2)22(23)29)13-16-14-26(18-10-6-5-9-17(16)18)15-20(27)25-11-7-3-4-8-12-25/h5-6,9-10,13-14H,3-4,7-8,11-12,15H2,1-2H3/b19-13-. The fourth-order valence-corrected chi connectivity index (χ4v) is 4.30. The summed E-state index contributed by atoms with van der Waals surface area (Å²) in [4.78, 5) is 30.7. The third-order valence-electron chi connectivity index (χ3n) is 5.83. The molecule has 0 aliphatic carbocycles. The summed E-state index contributed by atoms with van der Waals surface area (Å²) >= 11 is 5.31. The smallest absolute Gasteiger partial charge is 0.276 e. The van der Waals surface area contributed by atoms with Crippen LogP contribution in [0.25, 0.3) is 17.0 Å². The monoisotopic (exact) mass is 410 g/mol. The summed E-state index contributed by atoms with van der Waals surface area (Å²) in [5, 5.41) is 1.51. The molecule has 3 heterocycles. The second-order valence-corrected chi connectivity index (χ2v) is 8.12. The van der Waals surface area contributed by atoms with Crippen LogP contribution in [0.3, 0.4) is 0 Å². The molecule has 2 aromatic rings. The van der Waals surface area contributed by atoms with Gasteiger partial charge in [0, 0.05) is 49.8 Å². The number of fused-ring (bicyclic) bond motifs is 1. The summed E-state index contributed by atoms with van der Waals surface area (Å²) in [6.45, 7) is 2.00. The largest absolute Gasteiger partial charge is 0.341 e. The number of para-hydroxylation sites is 1. The Bertz CT molecular complexity index is 1000. The Morgan fingerprint density at radius 3 is 2.41 bits per heavy atom. The van der Waals surface area contributed by atoms with Crippen LogP contribution in [0.4, 0.5) is 0 Å². The van der Waals surface area contributed by atoms with Gasteiger partial charge in [0.15, 0.2) is 5.11 Å². The quantitative estimate of drug-likeness (QED) is 0.576. The number of rotatable bonds is 3. The van der Waals surface area contributed by atoms with Crippen LogP contribution in [0.15, 0.2) is 36.2 Å². The molecule has 0 spiro atoms. The summed E-state index contributed by atoms with van der Waals surface area (Å²) in [6, 6.07) is 7.99. The number of benzene rings is 1. The molecule has 0 atom stereocenters. The molecule has 2 fully saturated rings. The molecule has 2 amide bonds. The lowest BCUT2D eigenvalue weighted by atomic mass is 10.1. The summed E-state index contributed by atoms with van der Waals surface area (Å²) in [7, 11) is 3.49. The fourth-order valence-electron chi connectivity index (χ4n) is 4.12. The molecule has 4 rings (SSSR count). The predicted octanol–water partition coefficient (Wildman–Crippen LogP) is 3.07. The third kappa shape index (κ3) is 3.67. The lowest BCUT2D eigenvalue weighted by Crippen LogP contribution is -2.34. The van der Waals surface area contributed by atoms with Gasteiger partial charge in [0.1, 0.15) is 12.2 Å². The number of carbonyl (C=O) groups excluding carboxylic acids is 2. The molecule has 152 valence electrons. The van der Waals surface area contributed by atoms with E-state index in [1.165, 1.54) is 17.7 Å². The number of nitrogens with zero attached hydrogens (tertiary/aromatic N) is 4. The number of likely N-dealkylation sites (N-methyl/N-ethyl adjacent to an activating group) is 2. The first-order valence-corrected chi connectivity index (χ1v) is 10.5. The molecule has 0 radical (unpaired) electrons. The molecule has 0 N–H and O–H groups in total. The van der Waals surface area contributed by atoms with Crippen molar-refractivity contribution in [3.8, 4) is 0 Å². The first-order valence-electron chi connectivity index (χ1n) is 10.1. The minimum Gasteiger partial charge on any atom is -0.341 e. The maximum absolute atomic E-state index is 12.9. The number of thiocarbonyl (C=S) groups is 1. The number of amides is 2. The van der Waals surface area contributed by atoms with Gasteiger partial charge in [0.25, 0.3) is 5.91 Å². The van der Waals surface area contributed by atoms with Crippen LogP contribution >= 0.6 is 12.2 Å². The Labute approximate surface area is 176 Å². The lowest BCUT2D eigenvalue weighted by molar-refractivity contribution is -0.131. The van der Waals surface area contributed by atoms with Crippen LogP contribution in [-0.4, -0.2) is 63.4 Å². The number of hydrogen-bond acceptors (Lipinski definition) is 3. The van der Waals surface area contributed by atoms with Crippen molar-refractivity contribution >= 4 is 46.1 Å². The van der Waals surface area contributed by atoms with Gasteiger partial charge in [0.05, 0.1) is 0 Å². The zero-order chi connectivity index (χ0) is 20.5. The van der Waals surface area contributed by atoms with Gasteiger partial charge in [-0.25, -0.2) is 0 Å². The summed E-state index contributed by atoms with van der Waals surface area (Å²) in [5.74, 6) is 0.0387. The highest BCUT2D eigenvalue weighted by Crippen LogP contribution is 2.27. The van der Waals surface area contributed by atoms with Gasteiger partial charge in [-0.15, -0.1) is 0 Å². The van der Waals surface area contributed by atoms with Gasteiger partial charge in [-0.1, -0.05) is 31.0 Å². The van der Waals surface area contributed by atoms with E-state index >= 15 is 0 Å². The topological polar surface area (TPSA) is 48.8 Å². The Morgan fingerprint density at radius 2 is 1.76 bits per heavy atom. The average Bonchev–Trinajstić information content (AvgIpc) is 3.00. The maximum Gasteiger partial charge on any atom is 0.276 e. The molecule has 2 saturated heterocycles. The summed E-state index contributed by atoms with van der Waals surface area (Å²) in [6.07, 6.45) is 8.40. The minimum atomic E-state index is -0.116. The number of aromatic nitrogens is 1. The highest BCUT2D eigenvalue weighted by atomic mass is 32.1. The Kier molecular flexibility index (Phi) is 5.41. The SMILES string of the molecule is CN1C(=O)/C(=C/c2cn(CC(=O)N3CCCCCC3)c3ccccc23)N(C)C1=S. The lowest BCUT2D eigenvalue weighted by Gasteiger charge is -2.20. The van der Waals surface area contributed by atoms with E-state index < -0.39 is 0 Å². The number of likely N-dealkylation sites (tertiary alicyclic amines) is 1. The Morgan fingerprint density at radius 1 is 1.07 bits per heavy atom. The fraction of sp³-hybridized carbons (Fsp3) is 0.409. The van der Waals surface area contributed by atoms with Crippen molar-refractivity contribution in [2.24, 2.45) is 0 Å². The molecular weight excluding hydrogens is 384 g/mol. The number of carbonyl (C=O) groups is 2. The first-order chi connectivity index (χ1) is 14.0. The molecule has 1 aromatic carbocycles. The van der Waals surface area contributed by atoms with E-state index in [4.69, 9.17) is 12.2 Å². The third-order valence-corrected chi connectivity index (χ3v) is 6.38. The highest BCUT2D eigenvalue weighted by Gasteiger charge is 2.33. The zero-order valence-corrected chi connectivity index (χ0v) is 17.7. The van der Waals surface area contributed by atoms with E-state index in [1.807, 2.05) is 46.0 Å². The van der Waals surface area contributed by atoms with Crippen LogP contribution in [0, 0.1) is 0 Å². The Hall–Kier alpha value is -2.67. The minimum absolute atomic E-state index is 0.116. The van der Waals surface area contributed by atoms with E-state index in [9.17, 15) is 9.59 Å². The normalized spacial score (nSPS) is 19.5. The molecule has 0 saturated carbocycles. The van der Waals surface area contributed by atoms with E-state index in [1.54, 1.807) is 19.0 Å². The van der Waals surface area contributed by atoms with Crippen molar-refractivity contribution in [3.63, 3.8) is 0 Å². The molecule has 7 heteroatoms. The van der Waals surface area contributed by atoms with Crippen LogP contribution in [0.1, 0.15) is 31.2 Å². The summed E-state index contributed by atoms with van der Waals surface area (Å²) < 4.78 is 2.00.